The molecule has 0 saturated heterocycles. The van der Waals surface area contributed by atoms with Crippen LogP contribution in [0.2, 0.25) is 0 Å². The van der Waals surface area contributed by atoms with Crippen molar-refractivity contribution in [2.75, 3.05) is 0 Å². The number of nitrogens with zero attached hydrogens (tertiary/aromatic N) is 5. The molecule has 0 atom stereocenters. The zero-order valence-electron chi connectivity index (χ0n) is 17.5. The number of halogens is 1. The molecule has 3 heterocycles. The van der Waals surface area contributed by atoms with Crippen molar-refractivity contribution in [1.29, 1.82) is 0 Å². The number of hydrogen-bond acceptors (Lipinski definition) is 4. The highest BCUT2D eigenvalue weighted by molar-refractivity contribution is 9.10. The zero-order chi connectivity index (χ0) is 22.4. The van der Waals surface area contributed by atoms with Gasteiger partial charge < -0.3 is 4.57 Å². The van der Waals surface area contributed by atoms with Gasteiger partial charge in [-0.1, -0.05) is 48.4 Å². The van der Waals surface area contributed by atoms with Gasteiger partial charge in [0, 0.05) is 17.8 Å². The average Bonchev–Trinajstić information content (AvgIpc) is 3.15. The Labute approximate surface area is 191 Å². The first-order valence-electron chi connectivity index (χ1n) is 10.0. The average molecular weight is 488 g/mol. The van der Waals surface area contributed by atoms with E-state index >= 15 is 0 Å². The molecule has 0 saturated carbocycles. The second-order valence-electron chi connectivity index (χ2n) is 7.42. The molecule has 0 N–H and O–H groups in total. The monoisotopic (exact) mass is 487 g/mol. The molecule has 2 aromatic carbocycles. The van der Waals surface area contributed by atoms with E-state index in [0.29, 0.717) is 21.6 Å². The maximum absolute atomic E-state index is 13.5. The topological polar surface area (TPSA) is 74.7 Å². The van der Waals surface area contributed by atoms with Crippen LogP contribution in [0.15, 0.2) is 62.9 Å². The zero-order valence-corrected chi connectivity index (χ0v) is 19.0. The predicted molar refractivity (Wildman–Crippen MR) is 129 cm³/mol. The van der Waals surface area contributed by atoms with Crippen molar-refractivity contribution in [3.63, 3.8) is 0 Å². The van der Waals surface area contributed by atoms with Crippen molar-refractivity contribution >= 4 is 48.8 Å². The Morgan fingerprint density at radius 1 is 0.938 bits per heavy atom. The van der Waals surface area contributed by atoms with Crippen LogP contribution in [0.3, 0.4) is 0 Å². The largest absolute Gasteiger partial charge is 0.332 e. The Morgan fingerprint density at radius 3 is 2.38 bits per heavy atom. The lowest BCUT2D eigenvalue weighted by Crippen LogP contribution is -2.40. The van der Waals surface area contributed by atoms with Crippen LogP contribution in [0.25, 0.3) is 32.8 Å². The van der Waals surface area contributed by atoms with Crippen molar-refractivity contribution in [2.24, 2.45) is 7.05 Å². The molecule has 8 heteroatoms. The lowest BCUT2D eigenvalue weighted by molar-refractivity contribution is 0.648. The smallest absolute Gasteiger partial charge is 0.301 e. The van der Waals surface area contributed by atoms with Gasteiger partial charge in [-0.25, -0.2) is 9.78 Å². The molecule has 0 radical (unpaired) electrons. The van der Waals surface area contributed by atoms with Crippen LogP contribution < -0.4 is 11.2 Å². The molecule has 7 nitrogen and oxygen atoms in total. The molecule has 0 bridgehead atoms. The Bertz CT molecular complexity index is 1720. The summed E-state index contributed by atoms with van der Waals surface area (Å²) >= 11 is 3.39. The van der Waals surface area contributed by atoms with Crippen molar-refractivity contribution in [2.45, 2.75) is 20.0 Å². The Balaban J connectivity index is 1.79. The number of fused-ring (bicyclic) bond motifs is 4. The summed E-state index contributed by atoms with van der Waals surface area (Å²) in [4.78, 5) is 35.8. The predicted octanol–water partition coefficient (Wildman–Crippen LogP) is 3.43. The third-order valence-electron chi connectivity index (χ3n) is 5.60. The Hall–Kier alpha value is -3.70. The minimum atomic E-state index is -0.444. The summed E-state index contributed by atoms with van der Waals surface area (Å²) in [6.07, 6.45) is 0. The van der Waals surface area contributed by atoms with Gasteiger partial charge >= 0.3 is 5.69 Å². The van der Waals surface area contributed by atoms with E-state index in [-0.39, 0.29) is 13.1 Å². The van der Waals surface area contributed by atoms with Gasteiger partial charge in [0.1, 0.15) is 0 Å². The molecular formula is C24H18BrN5O2. The molecule has 0 spiro atoms. The van der Waals surface area contributed by atoms with Crippen molar-refractivity contribution in [3.05, 3.63) is 79.8 Å². The van der Waals surface area contributed by atoms with Crippen molar-refractivity contribution < 1.29 is 0 Å². The number of hydrogen-bond donors (Lipinski definition) is 0. The molecule has 5 rings (SSSR count). The number of benzene rings is 2. The second kappa shape index (κ2) is 7.77. The summed E-state index contributed by atoms with van der Waals surface area (Å²) in [5.41, 5.74) is 1.26. The van der Waals surface area contributed by atoms with E-state index in [9.17, 15) is 9.59 Å². The van der Waals surface area contributed by atoms with E-state index in [0.717, 1.165) is 21.7 Å². The Kier molecular flexibility index (Phi) is 4.91. The van der Waals surface area contributed by atoms with Gasteiger partial charge in [0.15, 0.2) is 15.9 Å². The summed E-state index contributed by atoms with van der Waals surface area (Å²) < 4.78 is 4.74. The second-order valence-corrected chi connectivity index (χ2v) is 8.13. The molecule has 0 aliphatic rings. The van der Waals surface area contributed by atoms with Gasteiger partial charge in [0.2, 0.25) is 0 Å². The molecule has 0 fully saturated rings. The van der Waals surface area contributed by atoms with E-state index in [1.165, 1.54) is 9.13 Å². The number of para-hydroxylation sites is 1. The van der Waals surface area contributed by atoms with Gasteiger partial charge in [-0.15, -0.1) is 5.92 Å². The van der Waals surface area contributed by atoms with Gasteiger partial charge in [-0.3, -0.25) is 18.9 Å². The summed E-state index contributed by atoms with van der Waals surface area (Å²) in [7, 11) is 1.61. The molecule has 0 unspecified atom stereocenters. The fourth-order valence-corrected chi connectivity index (χ4v) is 4.50. The first kappa shape index (κ1) is 20.2. The van der Waals surface area contributed by atoms with Crippen LogP contribution in [0.4, 0.5) is 0 Å². The highest BCUT2D eigenvalue weighted by atomic mass is 79.9. The SMILES string of the molecule is CC#CCn1c(Br)nc2c1c(=O)n(Cc1nc3ccccc3c3ccccc13)c(=O)n2C. The molecule has 0 amide bonds. The first-order chi connectivity index (χ1) is 15.5. The molecule has 0 aliphatic carbocycles. The van der Waals surface area contributed by atoms with Gasteiger partial charge in [-0.2, -0.15) is 0 Å². The molecule has 3 aromatic heterocycles. The van der Waals surface area contributed by atoms with Crippen LogP contribution in [0.1, 0.15) is 12.6 Å². The summed E-state index contributed by atoms with van der Waals surface area (Å²) in [5, 5.41) is 2.97. The minimum Gasteiger partial charge on any atom is -0.301 e. The molecule has 32 heavy (non-hydrogen) atoms. The van der Waals surface area contributed by atoms with Crippen LogP contribution in [-0.2, 0) is 20.1 Å². The highest BCUT2D eigenvalue weighted by Gasteiger charge is 2.20. The third kappa shape index (κ3) is 3.05. The number of aryl methyl sites for hydroxylation is 1. The molecule has 5 aromatic rings. The van der Waals surface area contributed by atoms with E-state index in [2.05, 4.69) is 32.8 Å². The quantitative estimate of drug-likeness (QED) is 0.222. The third-order valence-corrected chi connectivity index (χ3v) is 6.20. The van der Waals surface area contributed by atoms with Crippen LogP contribution in [0, 0.1) is 11.8 Å². The normalized spacial score (nSPS) is 11.2. The maximum Gasteiger partial charge on any atom is 0.332 e. The van der Waals surface area contributed by atoms with Crippen molar-refractivity contribution in [1.82, 2.24) is 23.7 Å². The number of rotatable bonds is 3. The fourth-order valence-electron chi connectivity index (χ4n) is 4.03. The Morgan fingerprint density at radius 2 is 1.62 bits per heavy atom. The lowest BCUT2D eigenvalue weighted by atomic mass is 10.0. The number of aromatic nitrogens is 5. The molecule has 0 aliphatic heterocycles. The summed E-state index contributed by atoms with van der Waals surface area (Å²) in [6, 6.07) is 15.8. The summed E-state index contributed by atoms with van der Waals surface area (Å²) in [6.45, 7) is 2.07. The molecular weight excluding hydrogens is 470 g/mol. The van der Waals surface area contributed by atoms with Gasteiger partial charge in [0.05, 0.1) is 24.3 Å². The summed E-state index contributed by atoms with van der Waals surface area (Å²) in [5.74, 6) is 5.78. The highest BCUT2D eigenvalue weighted by Crippen LogP contribution is 2.26. The van der Waals surface area contributed by atoms with E-state index in [1.54, 1.807) is 18.5 Å². The fraction of sp³-hybridized carbons (Fsp3) is 0.167. The first-order valence-corrected chi connectivity index (χ1v) is 10.8. The number of imidazole rings is 1. The van der Waals surface area contributed by atoms with Crippen LogP contribution in [-0.4, -0.2) is 23.7 Å². The van der Waals surface area contributed by atoms with E-state index < -0.39 is 11.2 Å². The standard InChI is InChI=1S/C24H18BrN5O2/c1-3-4-13-29-20-21(27-23(29)25)28(2)24(32)30(22(20)31)14-19-17-11-6-5-9-15(17)16-10-7-8-12-18(16)26-19/h5-12H,13-14H2,1-2H3. The lowest BCUT2D eigenvalue weighted by Gasteiger charge is -2.12. The van der Waals surface area contributed by atoms with E-state index in [1.807, 2.05) is 48.5 Å². The van der Waals surface area contributed by atoms with Gasteiger partial charge in [-0.05, 0) is 34.3 Å². The molecule has 158 valence electrons. The van der Waals surface area contributed by atoms with Crippen molar-refractivity contribution in [3.8, 4) is 11.8 Å². The van der Waals surface area contributed by atoms with Crippen LogP contribution >= 0.6 is 15.9 Å². The van der Waals surface area contributed by atoms with E-state index in [4.69, 9.17) is 4.98 Å². The number of pyridine rings is 1. The van der Waals surface area contributed by atoms with Crippen LogP contribution in [0.5, 0.6) is 0 Å². The maximum atomic E-state index is 13.5. The van der Waals surface area contributed by atoms with Gasteiger partial charge in [0.25, 0.3) is 5.56 Å². The minimum absolute atomic E-state index is 0.0506.